The molecule has 0 atom stereocenters. The molecular formula is C23H20N4OS. The summed E-state index contributed by atoms with van der Waals surface area (Å²) in [5.41, 5.74) is 5.33. The van der Waals surface area contributed by atoms with Crippen LogP contribution in [0.15, 0.2) is 78.6 Å². The number of amides is 1. The molecule has 0 saturated carbocycles. The number of carbonyl (C=O) groups excluding carboxylic acids is 1. The number of carbonyl (C=O) groups is 1. The van der Waals surface area contributed by atoms with Crippen molar-refractivity contribution in [2.45, 2.75) is 13.8 Å². The first kappa shape index (κ1) is 18.8. The van der Waals surface area contributed by atoms with Gasteiger partial charge in [-0.3, -0.25) is 14.7 Å². The van der Waals surface area contributed by atoms with Crippen molar-refractivity contribution in [2.24, 2.45) is 0 Å². The number of rotatable bonds is 5. The van der Waals surface area contributed by atoms with Crippen LogP contribution >= 0.6 is 11.3 Å². The Hall–Kier alpha value is -3.51. The van der Waals surface area contributed by atoms with E-state index in [0.29, 0.717) is 5.56 Å². The van der Waals surface area contributed by atoms with Crippen molar-refractivity contribution in [3.05, 3.63) is 95.3 Å². The van der Waals surface area contributed by atoms with E-state index < -0.39 is 0 Å². The van der Waals surface area contributed by atoms with E-state index in [1.165, 1.54) is 0 Å². The maximum Gasteiger partial charge on any atom is 0.255 e. The van der Waals surface area contributed by atoms with Crippen LogP contribution in [0, 0.1) is 13.8 Å². The van der Waals surface area contributed by atoms with Crippen LogP contribution in [0.25, 0.3) is 0 Å². The summed E-state index contributed by atoms with van der Waals surface area (Å²) < 4.78 is 0. The maximum absolute atomic E-state index is 12.7. The van der Waals surface area contributed by atoms with Gasteiger partial charge >= 0.3 is 0 Å². The van der Waals surface area contributed by atoms with Crippen molar-refractivity contribution in [1.82, 2.24) is 9.97 Å². The summed E-state index contributed by atoms with van der Waals surface area (Å²) in [6.45, 7) is 4.01. The highest BCUT2D eigenvalue weighted by molar-refractivity contribution is 7.13. The van der Waals surface area contributed by atoms with Gasteiger partial charge in [0.1, 0.15) is 0 Å². The van der Waals surface area contributed by atoms with Crippen LogP contribution < -0.4 is 10.2 Å². The van der Waals surface area contributed by atoms with Crippen molar-refractivity contribution in [2.75, 3.05) is 10.2 Å². The summed E-state index contributed by atoms with van der Waals surface area (Å²) in [7, 11) is 0. The predicted octanol–water partition coefficient (Wildman–Crippen LogP) is 5.88. The normalized spacial score (nSPS) is 10.6. The third-order valence-electron chi connectivity index (χ3n) is 4.50. The van der Waals surface area contributed by atoms with E-state index >= 15 is 0 Å². The molecule has 144 valence electrons. The lowest BCUT2D eigenvalue weighted by atomic mass is 10.1. The number of nitrogens with one attached hydrogen (secondary N) is 1. The maximum atomic E-state index is 12.7. The number of aromatic nitrogens is 2. The summed E-state index contributed by atoms with van der Waals surface area (Å²) in [5, 5.41) is 5.78. The Morgan fingerprint density at radius 3 is 2.66 bits per heavy atom. The second-order valence-corrected chi connectivity index (χ2v) is 7.56. The number of benzene rings is 2. The van der Waals surface area contributed by atoms with Gasteiger partial charge in [0.05, 0.1) is 17.6 Å². The summed E-state index contributed by atoms with van der Waals surface area (Å²) in [4.78, 5) is 23.5. The fourth-order valence-corrected chi connectivity index (χ4v) is 3.76. The summed E-state index contributed by atoms with van der Waals surface area (Å²) in [6, 6.07) is 17.3. The van der Waals surface area contributed by atoms with Gasteiger partial charge in [-0.15, -0.1) is 11.3 Å². The Bertz CT molecular complexity index is 1130. The molecule has 0 unspecified atom stereocenters. The first-order chi connectivity index (χ1) is 14.1. The molecule has 4 aromatic rings. The van der Waals surface area contributed by atoms with Crippen LogP contribution in [-0.4, -0.2) is 15.9 Å². The average Bonchev–Trinajstić information content (AvgIpc) is 3.26. The van der Waals surface area contributed by atoms with Crippen LogP contribution in [0.1, 0.15) is 21.5 Å². The molecule has 1 amide bonds. The number of aryl methyl sites for hydroxylation is 2. The molecule has 0 aliphatic heterocycles. The van der Waals surface area contributed by atoms with E-state index in [0.717, 1.165) is 33.3 Å². The number of hydrogen-bond acceptors (Lipinski definition) is 5. The van der Waals surface area contributed by atoms with Crippen molar-refractivity contribution in [1.29, 1.82) is 0 Å². The molecule has 29 heavy (non-hydrogen) atoms. The molecule has 0 radical (unpaired) electrons. The van der Waals surface area contributed by atoms with E-state index in [1.807, 2.05) is 73.8 Å². The van der Waals surface area contributed by atoms with Crippen LogP contribution in [0.3, 0.4) is 0 Å². The third-order valence-corrected chi connectivity index (χ3v) is 5.26. The molecule has 2 heterocycles. The molecule has 0 spiro atoms. The molecule has 2 aromatic carbocycles. The zero-order valence-electron chi connectivity index (χ0n) is 16.2. The number of pyridine rings is 1. The number of thiazole rings is 1. The Morgan fingerprint density at radius 1 is 1.03 bits per heavy atom. The third kappa shape index (κ3) is 4.17. The number of hydrogen-bond donors (Lipinski definition) is 1. The molecule has 0 bridgehead atoms. The van der Waals surface area contributed by atoms with Gasteiger partial charge in [-0.05, 0) is 55.8 Å². The second-order valence-electron chi connectivity index (χ2n) is 6.69. The van der Waals surface area contributed by atoms with E-state index in [2.05, 4.69) is 20.2 Å². The molecule has 0 fully saturated rings. The van der Waals surface area contributed by atoms with Gasteiger partial charge in [0.15, 0.2) is 5.13 Å². The van der Waals surface area contributed by atoms with E-state index in [-0.39, 0.29) is 5.91 Å². The quantitative estimate of drug-likeness (QED) is 0.455. The van der Waals surface area contributed by atoms with Crippen molar-refractivity contribution in [3.63, 3.8) is 0 Å². The highest BCUT2D eigenvalue weighted by Crippen LogP contribution is 2.38. The zero-order chi connectivity index (χ0) is 20.2. The van der Waals surface area contributed by atoms with Crippen LogP contribution in [-0.2, 0) is 0 Å². The van der Waals surface area contributed by atoms with Gasteiger partial charge in [0, 0.05) is 29.0 Å². The molecule has 0 aliphatic rings. The molecule has 2 aromatic heterocycles. The minimum absolute atomic E-state index is 0.134. The topological polar surface area (TPSA) is 58.1 Å². The second kappa shape index (κ2) is 8.24. The molecular weight excluding hydrogens is 380 g/mol. The monoisotopic (exact) mass is 400 g/mol. The zero-order valence-corrected chi connectivity index (χ0v) is 17.0. The van der Waals surface area contributed by atoms with Crippen LogP contribution in [0.2, 0.25) is 0 Å². The van der Waals surface area contributed by atoms with Crippen molar-refractivity contribution in [3.8, 4) is 0 Å². The number of nitrogens with zero attached hydrogens (tertiary/aromatic N) is 3. The highest BCUT2D eigenvalue weighted by Gasteiger charge is 2.18. The summed E-state index contributed by atoms with van der Waals surface area (Å²) in [6.07, 6.45) is 5.33. The lowest BCUT2D eigenvalue weighted by Gasteiger charge is -2.24. The van der Waals surface area contributed by atoms with Crippen molar-refractivity contribution >= 4 is 39.4 Å². The Morgan fingerprint density at radius 2 is 1.93 bits per heavy atom. The standard InChI is InChI=1S/C23H20N4OS/c1-16-5-3-6-18(13-16)22(28)26-19-9-8-17(2)21(14-19)27(23-25-11-12-29-23)20-7-4-10-24-15-20/h3-15H,1-2H3,(H,26,28). The molecule has 6 heteroatoms. The minimum atomic E-state index is -0.134. The molecule has 0 aliphatic carbocycles. The van der Waals surface area contributed by atoms with Gasteiger partial charge in [-0.2, -0.15) is 0 Å². The lowest BCUT2D eigenvalue weighted by Crippen LogP contribution is -2.14. The van der Waals surface area contributed by atoms with Gasteiger partial charge in [0.2, 0.25) is 0 Å². The minimum Gasteiger partial charge on any atom is -0.322 e. The molecule has 5 nitrogen and oxygen atoms in total. The number of anilines is 4. The fraction of sp³-hybridized carbons (Fsp3) is 0.0870. The largest absolute Gasteiger partial charge is 0.322 e. The average molecular weight is 401 g/mol. The molecule has 1 N–H and O–H groups in total. The van der Waals surface area contributed by atoms with E-state index in [4.69, 9.17) is 0 Å². The fourth-order valence-electron chi connectivity index (χ4n) is 3.08. The van der Waals surface area contributed by atoms with Gasteiger partial charge in [-0.1, -0.05) is 23.8 Å². The van der Waals surface area contributed by atoms with E-state index in [9.17, 15) is 4.79 Å². The lowest BCUT2D eigenvalue weighted by molar-refractivity contribution is 0.102. The van der Waals surface area contributed by atoms with Crippen LogP contribution in [0.5, 0.6) is 0 Å². The Balaban J connectivity index is 1.71. The van der Waals surface area contributed by atoms with Gasteiger partial charge < -0.3 is 5.32 Å². The van der Waals surface area contributed by atoms with E-state index in [1.54, 1.807) is 29.9 Å². The first-order valence-electron chi connectivity index (χ1n) is 9.20. The van der Waals surface area contributed by atoms with Crippen molar-refractivity contribution < 1.29 is 4.79 Å². The first-order valence-corrected chi connectivity index (χ1v) is 10.1. The molecule has 0 saturated heterocycles. The van der Waals surface area contributed by atoms with Gasteiger partial charge in [0.25, 0.3) is 5.91 Å². The highest BCUT2D eigenvalue weighted by atomic mass is 32.1. The SMILES string of the molecule is Cc1cccc(C(=O)Nc2ccc(C)c(N(c3cccnc3)c3nccs3)c2)c1. The Kier molecular flexibility index (Phi) is 5.35. The summed E-state index contributed by atoms with van der Waals surface area (Å²) in [5.74, 6) is -0.134. The Labute approximate surface area is 173 Å². The summed E-state index contributed by atoms with van der Waals surface area (Å²) >= 11 is 1.55. The molecule has 4 rings (SSSR count). The smallest absolute Gasteiger partial charge is 0.255 e. The van der Waals surface area contributed by atoms with Crippen LogP contribution in [0.4, 0.5) is 22.2 Å². The predicted molar refractivity (Wildman–Crippen MR) is 118 cm³/mol. The van der Waals surface area contributed by atoms with Gasteiger partial charge in [-0.25, -0.2) is 4.98 Å².